The van der Waals surface area contributed by atoms with Crippen LogP contribution in [-0.2, 0) is 47.5 Å². The fourth-order valence-corrected chi connectivity index (χ4v) is 9.02. The van der Waals surface area contributed by atoms with Gasteiger partial charge in [0.15, 0.2) is 24.7 Å². The van der Waals surface area contributed by atoms with Crippen LogP contribution in [0.25, 0.3) is 0 Å². The summed E-state index contributed by atoms with van der Waals surface area (Å²) in [5.74, 6) is -3.84. The second-order valence-electron chi connectivity index (χ2n) is 18.3. The average Bonchev–Trinajstić information content (AvgIpc) is 3.20. The maximum absolute atomic E-state index is 13.6. The van der Waals surface area contributed by atoms with Gasteiger partial charge >= 0.3 is 5.97 Å². The van der Waals surface area contributed by atoms with Crippen molar-refractivity contribution in [3.8, 4) is 0 Å². The van der Waals surface area contributed by atoms with Crippen molar-refractivity contribution in [3.63, 3.8) is 0 Å². The molecule has 18 heteroatoms. The number of esters is 1. The number of aliphatic hydroxyl groups excluding tert-OH is 6. The molecule has 4 heterocycles. The topological polar surface area (TPSA) is 261 Å². The number of hydrogen-bond donors (Lipinski definition) is 7. The second kappa shape index (κ2) is 22.8. The lowest BCUT2D eigenvalue weighted by atomic mass is 9.79. The van der Waals surface area contributed by atoms with Gasteiger partial charge in [0.05, 0.1) is 55.2 Å². The highest BCUT2D eigenvalue weighted by Crippen LogP contribution is 2.37. The molecule has 0 aromatic rings. The Morgan fingerprint density at radius 3 is 2.13 bits per heavy atom. The van der Waals surface area contributed by atoms with Crippen LogP contribution < -0.4 is 0 Å². The van der Waals surface area contributed by atoms with E-state index in [1.54, 1.807) is 72.7 Å². The molecule has 3 saturated heterocycles. The highest BCUT2D eigenvalue weighted by Gasteiger charge is 2.51. The lowest BCUT2D eigenvalue weighted by molar-refractivity contribution is -0.341. The summed E-state index contributed by atoms with van der Waals surface area (Å²) >= 11 is 0. The van der Waals surface area contributed by atoms with E-state index in [9.17, 15) is 50.1 Å². The largest absolute Gasteiger partial charge is 0.462 e. The Labute approximate surface area is 365 Å². The molecule has 4 aliphatic rings. The summed E-state index contributed by atoms with van der Waals surface area (Å²) in [5, 5.41) is 76.0. The van der Waals surface area contributed by atoms with E-state index in [0.717, 1.165) is 0 Å². The molecule has 0 aromatic carbocycles. The molecule has 21 unspecified atom stereocenters. The quantitative estimate of drug-likeness (QED) is 0.110. The van der Waals surface area contributed by atoms with Crippen molar-refractivity contribution in [2.75, 3.05) is 20.7 Å². The van der Waals surface area contributed by atoms with Crippen LogP contribution >= 0.6 is 0 Å². The summed E-state index contributed by atoms with van der Waals surface area (Å²) in [6, 6.07) is -0.761. The number of cyclic esters (lactones) is 1. The Kier molecular flexibility index (Phi) is 19.2. The Morgan fingerprint density at radius 1 is 0.855 bits per heavy atom. The van der Waals surface area contributed by atoms with Crippen molar-refractivity contribution >= 4 is 18.0 Å². The summed E-state index contributed by atoms with van der Waals surface area (Å²) in [7, 11) is 3.48. The maximum Gasteiger partial charge on any atom is 0.308 e. The number of allylic oxidation sites excluding steroid dienone is 3. The van der Waals surface area contributed by atoms with Gasteiger partial charge in [-0.2, -0.15) is 0 Å². The predicted octanol–water partition coefficient (Wildman–Crippen LogP) is 0.525. The minimum absolute atomic E-state index is 0.0454. The number of hydrogen-bond acceptors (Lipinski definition) is 18. The fourth-order valence-electron chi connectivity index (χ4n) is 9.02. The summed E-state index contributed by atoms with van der Waals surface area (Å²) in [6.45, 7) is 13.1. The Morgan fingerprint density at radius 2 is 1.52 bits per heavy atom. The molecule has 0 aliphatic carbocycles. The van der Waals surface area contributed by atoms with E-state index < -0.39 is 140 Å². The third-order valence-corrected chi connectivity index (χ3v) is 12.9. The molecule has 4 aliphatic heterocycles. The van der Waals surface area contributed by atoms with Crippen molar-refractivity contribution in [2.24, 2.45) is 23.7 Å². The molecule has 0 amide bonds. The third kappa shape index (κ3) is 13.0. The van der Waals surface area contributed by atoms with E-state index in [4.69, 9.17) is 33.2 Å². The zero-order valence-electron chi connectivity index (χ0n) is 37.8. The number of aldehydes is 1. The predicted molar refractivity (Wildman–Crippen MR) is 221 cm³/mol. The van der Waals surface area contributed by atoms with E-state index in [-0.39, 0.29) is 31.7 Å². The number of ketones is 1. The van der Waals surface area contributed by atoms with Gasteiger partial charge in [0.2, 0.25) is 0 Å². The van der Waals surface area contributed by atoms with E-state index >= 15 is 0 Å². The SMILES string of the molecule is CCC1OC(=O)CC(O)C(C)C(OC2OC(C)C(OC3CC(C)(O)C(O)C(C)O3)C(N(C)C)C2O)C(CC=O)CC(C)C(=O)C=CC(C)=CC1COC1OC(C)C(O)C(O)C1O. The Hall–Kier alpha value is -2.27. The minimum atomic E-state index is -1.56. The van der Waals surface area contributed by atoms with Crippen LogP contribution in [0.5, 0.6) is 0 Å². The second-order valence-corrected chi connectivity index (χ2v) is 18.3. The summed E-state index contributed by atoms with van der Waals surface area (Å²) in [4.78, 5) is 41.3. The molecule has 3 fully saturated rings. The van der Waals surface area contributed by atoms with Crippen LogP contribution in [0, 0.1) is 23.7 Å². The van der Waals surface area contributed by atoms with Crippen molar-refractivity contribution < 1.29 is 83.3 Å². The highest BCUT2D eigenvalue weighted by molar-refractivity contribution is 5.91. The average molecular weight is 888 g/mol. The molecule has 62 heavy (non-hydrogen) atoms. The third-order valence-electron chi connectivity index (χ3n) is 12.9. The molecule has 356 valence electrons. The molecular weight excluding hydrogens is 814 g/mol. The summed E-state index contributed by atoms with van der Waals surface area (Å²) < 4.78 is 42.6. The van der Waals surface area contributed by atoms with Gasteiger partial charge < -0.3 is 78.6 Å². The number of nitrogens with zero attached hydrogens (tertiary/aromatic N) is 1. The fraction of sp³-hybridized carbons (Fsp3) is 0.841. The molecule has 4 rings (SSSR count). The van der Waals surface area contributed by atoms with Crippen LogP contribution in [0.3, 0.4) is 0 Å². The number of aliphatic hydroxyl groups is 7. The first-order chi connectivity index (χ1) is 29.0. The highest BCUT2D eigenvalue weighted by atomic mass is 16.7. The molecule has 21 atom stereocenters. The van der Waals surface area contributed by atoms with Gasteiger partial charge in [0, 0.05) is 30.6 Å². The number of carbonyl (C=O) groups excluding carboxylic acids is 3. The number of carbonyl (C=O) groups is 3. The molecule has 7 N–H and O–H groups in total. The van der Waals surface area contributed by atoms with Crippen molar-refractivity contribution in [1.82, 2.24) is 4.90 Å². The molecule has 18 nitrogen and oxygen atoms in total. The standard InChI is InChI=1S/C44H73NO17/c1-11-31-28(20-56-42-38(53)37(52)35(50)24(5)58-42)16-21(2)12-13-29(47)22(3)17-27(14-15-46)39(23(4)30(48)18-32(49)60-31)62-43-36(51)34(45(9)10)40(25(6)59-43)61-33-19-44(8,55)41(54)26(7)57-33/h12-13,15-16,22-28,30-31,33-43,48,50-55H,11,14,17-20H2,1-10H3. The van der Waals surface area contributed by atoms with E-state index in [1.165, 1.54) is 19.9 Å². The van der Waals surface area contributed by atoms with Crippen LogP contribution in [-0.4, -0.2) is 183 Å². The molecule has 0 spiro atoms. The zero-order valence-corrected chi connectivity index (χ0v) is 37.8. The summed E-state index contributed by atoms with van der Waals surface area (Å²) in [5.41, 5.74) is -0.876. The van der Waals surface area contributed by atoms with Crippen LogP contribution in [0.2, 0.25) is 0 Å². The van der Waals surface area contributed by atoms with Gasteiger partial charge in [-0.25, -0.2) is 0 Å². The van der Waals surface area contributed by atoms with E-state index in [1.807, 2.05) is 0 Å². The first kappa shape index (κ1) is 52.4. The lowest BCUT2D eigenvalue weighted by Gasteiger charge is -2.50. The minimum Gasteiger partial charge on any atom is -0.462 e. The lowest BCUT2D eigenvalue weighted by Crippen LogP contribution is -2.65. The first-order valence-electron chi connectivity index (χ1n) is 21.9. The summed E-state index contributed by atoms with van der Waals surface area (Å²) in [6.07, 6.45) is -11.6. The van der Waals surface area contributed by atoms with Gasteiger partial charge in [-0.3, -0.25) is 9.59 Å². The smallest absolute Gasteiger partial charge is 0.308 e. The van der Waals surface area contributed by atoms with E-state index in [2.05, 4.69) is 0 Å². The molecule has 0 bridgehead atoms. The van der Waals surface area contributed by atoms with Gasteiger partial charge in [0.1, 0.15) is 49.0 Å². The molecule has 0 radical (unpaired) electrons. The number of rotatable bonds is 11. The zero-order chi connectivity index (χ0) is 46.4. The van der Waals surface area contributed by atoms with Gasteiger partial charge in [0.25, 0.3) is 0 Å². The van der Waals surface area contributed by atoms with Crippen LogP contribution in [0.1, 0.15) is 87.5 Å². The molecular formula is C44H73NO17. The molecule has 0 saturated carbocycles. The Balaban J connectivity index is 1.61. The monoisotopic (exact) mass is 887 g/mol. The van der Waals surface area contributed by atoms with E-state index in [0.29, 0.717) is 18.3 Å². The first-order valence-corrected chi connectivity index (χ1v) is 21.9. The molecule has 0 aromatic heterocycles. The number of ether oxygens (including phenoxy) is 7. The van der Waals surface area contributed by atoms with Gasteiger partial charge in [-0.05, 0) is 73.5 Å². The maximum atomic E-state index is 13.6. The van der Waals surface area contributed by atoms with Crippen molar-refractivity contribution in [2.45, 2.75) is 191 Å². The van der Waals surface area contributed by atoms with Crippen LogP contribution in [0.15, 0.2) is 23.8 Å². The van der Waals surface area contributed by atoms with Crippen molar-refractivity contribution in [1.29, 1.82) is 0 Å². The normalized spacial score (nSPS) is 45.7. The van der Waals surface area contributed by atoms with Gasteiger partial charge in [-0.1, -0.05) is 38.5 Å². The van der Waals surface area contributed by atoms with Crippen LogP contribution in [0.4, 0.5) is 0 Å². The van der Waals surface area contributed by atoms with Gasteiger partial charge in [-0.15, -0.1) is 0 Å². The Bertz CT molecular complexity index is 1530. The number of likely N-dealkylation sites (N-methyl/N-ethyl adjacent to an activating group) is 1. The van der Waals surface area contributed by atoms with Crippen molar-refractivity contribution in [3.05, 3.63) is 23.8 Å².